The lowest BCUT2D eigenvalue weighted by atomic mass is 9.96. The summed E-state index contributed by atoms with van der Waals surface area (Å²) >= 11 is 0. The third kappa shape index (κ3) is 6.03. The third-order valence-corrected chi connectivity index (χ3v) is 3.21. The average Bonchev–Trinajstić information content (AvgIpc) is 2.45. The molecule has 124 valence electrons. The molecular weight excluding hydrogens is 304 g/mol. The normalized spacial score (nSPS) is 12.7. The predicted octanol–water partition coefficient (Wildman–Crippen LogP) is 2.42. The van der Waals surface area contributed by atoms with Gasteiger partial charge in [0.15, 0.2) is 0 Å². The molecule has 1 amide bonds. The molecular formula is C16H25ClN2O3. The highest BCUT2D eigenvalue weighted by atomic mass is 35.5. The quantitative estimate of drug-likeness (QED) is 0.753. The lowest BCUT2D eigenvalue weighted by Crippen LogP contribution is -2.51. The van der Waals surface area contributed by atoms with Gasteiger partial charge in [-0.3, -0.25) is 4.79 Å². The van der Waals surface area contributed by atoms with Crippen molar-refractivity contribution in [1.82, 2.24) is 5.32 Å². The van der Waals surface area contributed by atoms with Crippen LogP contribution in [0, 0.1) is 0 Å². The topological polar surface area (TPSA) is 81.4 Å². The van der Waals surface area contributed by atoms with E-state index < -0.39 is 5.54 Å². The van der Waals surface area contributed by atoms with E-state index in [1.807, 2.05) is 6.92 Å². The molecule has 0 fully saturated rings. The second-order valence-electron chi connectivity index (χ2n) is 5.27. The van der Waals surface area contributed by atoms with E-state index in [1.54, 1.807) is 38.1 Å². The van der Waals surface area contributed by atoms with Crippen LogP contribution < -0.4 is 11.1 Å². The van der Waals surface area contributed by atoms with Crippen LogP contribution >= 0.6 is 12.4 Å². The Labute approximate surface area is 138 Å². The molecule has 0 heterocycles. The van der Waals surface area contributed by atoms with E-state index in [0.29, 0.717) is 25.1 Å². The van der Waals surface area contributed by atoms with Gasteiger partial charge in [-0.15, -0.1) is 12.4 Å². The van der Waals surface area contributed by atoms with Crippen molar-refractivity contribution in [2.45, 2.75) is 45.7 Å². The number of nitrogens with two attached hydrogens (primary N) is 1. The molecule has 1 rings (SSSR count). The van der Waals surface area contributed by atoms with Crippen molar-refractivity contribution in [3.8, 4) is 0 Å². The maximum Gasteiger partial charge on any atom is 0.338 e. The number of benzene rings is 1. The molecule has 0 bridgehead atoms. The van der Waals surface area contributed by atoms with Gasteiger partial charge in [0.05, 0.1) is 17.7 Å². The van der Waals surface area contributed by atoms with E-state index in [-0.39, 0.29) is 24.3 Å². The number of rotatable bonds is 7. The Morgan fingerprint density at radius 2 is 1.82 bits per heavy atom. The number of amides is 1. The summed E-state index contributed by atoms with van der Waals surface area (Å²) in [5.74, 6) is -0.510. The van der Waals surface area contributed by atoms with Gasteiger partial charge >= 0.3 is 5.97 Å². The lowest BCUT2D eigenvalue weighted by Gasteiger charge is -2.22. The van der Waals surface area contributed by atoms with E-state index in [2.05, 4.69) is 5.32 Å². The molecule has 0 saturated heterocycles. The van der Waals surface area contributed by atoms with Gasteiger partial charge in [-0.1, -0.05) is 25.5 Å². The summed E-state index contributed by atoms with van der Waals surface area (Å²) in [6.45, 7) is 6.23. The Hall–Kier alpha value is -1.59. The first-order valence-corrected chi connectivity index (χ1v) is 7.24. The second-order valence-corrected chi connectivity index (χ2v) is 5.27. The Balaban J connectivity index is 0.00000441. The molecule has 1 unspecified atom stereocenters. The average molecular weight is 329 g/mol. The standard InChI is InChI=1S/C16H24N2O3.ClH/c1-4-10-16(3,17)15(20)18-11-12-6-8-13(9-7-12)14(19)21-5-2;/h6-9H,4-5,10-11,17H2,1-3H3,(H,18,20);1H. The predicted molar refractivity (Wildman–Crippen MR) is 89.0 cm³/mol. The van der Waals surface area contributed by atoms with Crippen molar-refractivity contribution in [1.29, 1.82) is 0 Å². The van der Waals surface area contributed by atoms with Gasteiger partial charge in [-0.2, -0.15) is 0 Å². The van der Waals surface area contributed by atoms with Crippen molar-refractivity contribution in [3.63, 3.8) is 0 Å². The van der Waals surface area contributed by atoms with Gasteiger partial charge in [0, 0.05) is 6.54 Å². The monoisotopic (exact) mass is 328 g/mol. The Bertz CT molecular complexity index is 487. The molecule has 0 aliphatic rings. The number of hydrogen-bond acceptors (Lipinski definition) is 4. The van der Waals surface area contributed by atoms with Gasteiger partial charge in [0.2, 0.25) is 5.91 Å². The largest absolute Gasteiger partial charge is 0.462 e. The van der Waals surface area contributed by atoms with Crippen LogP contribution in [0.25, 0.3) is 0 Å². The minimum Gasteiger partial charge on any atom is -0.462 e. The number of hydrogen-bond donors (Lipinski definition) is 2. The summed E-state index contributed by atoms with van der Waals surface area (Å²) < 4.78 is 4.91. The van der Waals surface area contributed by atoms with Crippen LogP contribution in [0.2, 0.25) is 0 Å². The highest BCUT2D eigenvalue weighted by molar-refractivity contribution is 5.89. The molecule has 0 spiro atoms. The number of nitrogens with one attached hydrogen (secondary N) is 1. The smallest absolute Gasteiger partial charge is 0.338 e. The number of esters is 1. The molecule has 3 N–H and O–H groups in total. The van der Waals surface area contributed by atoms with Gasteiger partial charge in [0.25, 0.3) is 0 Å². The summed E-state index contributed by atoms with van der Waals surface area (Å²) in [4.78, 5) is 23.5. The first-order chi connectivity index (χ1) is 9.90. The van der Waals surface area contributed by atoms with Crippen molar-refractivity contribution in [2.24, 2.45) is 5.73 Å². The molecule has 0 radical (unpaired) electrons. The Kier molecular flexibility index (Phi) is 8.75. The maximum atomic E-state index is 12.0. The fourth-order valence-corrected chi connectivity index (χ4v) is 1.99. The first kappa shape index (κ1) is 20.4. The summed E-state index contributed by atoms with van der Waals surface area (Å²) in [6, 6.07) is 6.96. The van der Waals surface area contributed by atoms with Crippen molar-refractivity contribution in [3.05, 3.63) is 35.4 Å². The van der Waals surface area contributed by atoms with Crippen LogP contribution in [0.5, 0.6) is 0 Å². The van der Waals surface area contributed by atoms with Gasteiger partial charge in [-0.25, -0.2) is 4.79 Å². The van der Waals surface area contributed by atoms with Crippen LogP contribution in [0.15, 0.2) is 24.3 Å². The zero-order valence-electron chi connectivity index (χ0n) is 13.3. The number of ether oxygens (including phenoxy) is 1. The van der Waals surface area contributed by atoms with Gasteiger partial charge in [-0.05, 0) is 38.0 Å². The molecule has 1 aromatic carbocycles. The van der Waals surface area contributed by atoms with Crippen LogP contribution in [-0.2, 0) is 16.1 Å². The Morgan fingerprint density at radius 3 is 2.32 bits per heavy atom. The van der Waals surface area contributed by atoms with Crippen molar-refractivity contribution < 1.29 is 14.3 Å². The van der Waals surface area contributed by atoms with E-state index in [4.69, 9.17) is 10.5 Å². The zero-order chi connectivity index (χ0) is 15.9. The first-order valence-electron chi connectivity index (χ1n) is 7.24. The molecule has 0 aliphatic carbocycles. The third-order valence-electron chi connectivity index (χ3n) is 3.21. The van der Waals surface area contributed by atoms with E-state index in [1.165, 1.54) is 0 Å². The van der Waals surface area contributed by atoms with Crippen LogP contribution in [0.3, 0.4) is 0 Å². The summed E-state index contributed by atoms with van der Waals surface area (Å²) in [6.07, 6.45) is 1.50. The van der Waals surface area contributed by atoms with Gasteiger partial charge < -0.3 is 15.8 Å². The molecule has 1 aromatic rings. The maximum absolute atomic E-state index is 12.0. The zero-order valence-corrected chi connectivity index (χ0v) is 14.2. The van der Waals surface area contributed by atoms with E-state index in [0.717, 1.165) is 12.0 Å². The molecule has 5 nitrogen and oxygen atoms in total. The van der Waals surface area contributed by atoms with E-state index >= 15 is 0 Å². The number of carbonyl (C=O) groups excluding carboxylic acids is 2. The summed E-state index contributed by atoms with van der Waals surface area (Å²) in [5.41, 5.74) is 6.52. The molecule has 1 atom stereocenters. The minimum absolute atomic E-state index is 0. The van der Waals surface area contributed by atoms with Crippen molar-refractivity contribution in [2.75, 3.05) is 6.61 Å². The SMILES string of the molecule is CCCC(C)(N)C(=O)NCc1ccc(C(=O)OCC)cc1.Cl. The summed E-state index contributed by atoms with van der Waals surface area (Å²) in [7, 11) is 0. The second kappa shape index (κ2) is 9.43. The minimum atomic E-state index is -0.848. The highest BCUT2D eigenvalue weighted by Crippen LogP contribution is 2.10. The Morgan fingerprint density at radius 1 is 1.23 bits per heavy atom. The van der Waals surface area contributed by atoms with E-state index in [9.17, 15) is 9.59 Å². The fraction of sp³-hybridized carbons (Fsp3) is 0.500. The lowest BCUT2D eigenvalue weighted by molar-refractivity contribution is -0.126. The van der Waals surface area contributed by atoms with Gasteiger partial charge in [0.1, 0.15) is 0 Å². The number of carbonyl (C=O) groups is 2. The number of halogens is 1. The fourth-order valence-electron chi connectivity index (χ4n) is 1.99. The van der Waals surface area contributed by atoms with Crippen LogP contribution in [-0.4, -0.2) is 24.0 Å². The highest BCUT2D eigenvalue weighted by Gasteiger charge is 2.26. The van der Waals surface area contributed by atoms with Crippen LogP contribution in [0.1, 0.15) is 49.5 Å². The molecule has 0 aliphatic heterocycles. The summed E-state index contributed by atoms with van der Waals surface area (Å²) in [5, 5.41) is 2.82. The van der Waals surface area contributed by atoms with Crippen molar-refractivity contribution >= 4 is 24.3 Å². The van der Waals surface area contributed by atoms with Crippen LogP contribution in [0.4, 0.5) is 0 Å². The molecule has 22 heavy (non-hydrogen) atoms. The molecule has 0 saturated carbocycles. The molecule has 6 heteroatoms. The molecule has 0 aromatic heterocycles.